The summed E-state index contributed by atoms with van der Waals surface area (Å²) < 4.78 is 64.8. The molecular weight excluding hydrogens is 463 g/mol. The number of aryl methyl sites for hydroxylation is 1. The molecule has 1 aliphatic heterocycles. The fourth-order valence-corrected chi connectivity index (χ4v) is 6.52. The first-order valence-corrected chi connectivity index (χ1v) is 13.4. The van der Waals surface area contributed by atoms with Crippen molar-refractivity contribution >= 4 is 38.5 Å². The van der Waals surface area contributed by atoms with Gasteiger partial charge in [-0.3, -0.25) is 4.79 Å². The van der Waals surface area contributed by atoms with Crippen LogP contribution in [0.2, 0.25) is 0 Å². The van der Waals surface area contributed by atoms with Gasteiger partial charge in [0, 0.05) is 12.6 Å². The number of hydrogen-bond acceptors (Lipinski definition) is 5. The number of fused-ring (bicyclic) bond motifs is 1. The Kier molecular flexibility index (Phi) is 7.48. The lowest BCUT2D eigenvalue weighted by atomic mass is 10.1. The summed E-state index contributed by atoms with van der Waals surface area (Å²) in [6.07, 6.45) is -2.36. The minimum absolute atomic E-state index is 0.0613. The van der Waals surface area contributed by atoms with Gasteiger partial charge in [-0.05, 0) is 37.0 Å². The smallest absolute Gasteiger partial charge is 0.351 e. The van der Waals surface area contributed by atoms with E-state index in [2.05, 4.69) is 10.3 Å². The zero-order valence-corrected chi connectivity index (χ0v) is 19.9. The minimum Gasteiger partial charge on any atom is -0.351 e. The number of sulfone groups is 1. The average molecular weight is 492 g/mol. The average Bonchev–Trinajstić information content (AvgIpc) is 3.21. The van der Waals surface area contributed by atoms with E-state index >= 15 is 0 Å². The lowest BCUT2D eigenvalue weighted by Crippen LogP contribution is -2.42. The lowest BCUT2D eigenvalue weighted by molar-refractivity contribution is -0.137. The molecule has 1 fully saturated rings. The van der Waals surface area contributed by atoms with Gasteiger partial charge >= 0.3 is 6.18 Å². The van der Waals surface area contributed by atoms with Crippen molar-refractivity contribution in [3.05, 3.63) is 23.8 Å². The van der Waals surface area contributed by atoms with Crippen LogP contribution in [0.25, 0.3) is 11.0 Å². The number of rotatable bonds is 8. The summed E-state index contributed by atoms with van der Waals surface area (Å²) in [5.74, 6) is -0.379. The number of alkyl halides is 3. The molecule has 0 spiro atoms. The maximum atomic E-state index is 13.2. The number of unbranched alkanes of at least 4 members (excludes halogenated alkanes) is 1. The molecule has 2 heterocycles. The van der Waals surface area contributed by atoms with Crippen LogP contribution in [0.3, 0.4) is 0 Å². The zero-order chi connectivity index (χ0) is 23.7. The van der Waals surface area contributed by atoms with Crippen molar-refractivity contribution in [2.45, 2.75) is 69.2 Å². The zero-order valence-electron chi connectivity index (χ0n) is 18.3. The Bertz CT molecular complexity index is 1080. The molecule has 2 unspecified atom stereocenters. The lowest BCUT2D eigenvalue weighted by Gasteiger charge is -2.22. The van der Waals surface area contributed by atoms with Crippen LogP contribution in [-0.4, -0.2) is 46.7 Å². The van der Waals surface area contributed by atoms with Gasteiger partial charge in [-0.2, -0.15) is 13.2 Å². The number of nitrogens with zero attached hydrogens (tertiary/aromatic N) is 2. The third-order valence-electron chi connectivity index (χ3n) is 5.45. The molecule has 1 aliphatic rings. The van der Waals surface area contributed by atoms with Gasteiger partial charge in [0.1, 0.15) is 0 Å². The molecule has 0 aliphatic carbocycles. The van der Waals surface area contributed by atoms with Gasteiger partial charge in [0.05, 0.1) is 33.4 Å². The van der Waals surface area contributed by atoms with Crippen molar-refractivity contribution in [3.8, 4) is 0 Å². The van der Waals surface area contributed by atoms with Crippen molar-refractivity contribution in [3.63, 3.8) is 0 Å². The van der Waals surface area contributed by atoms with E-state index in [9.17, 15) is 26.4 Å². The number of aromatic nitrogens is 2. The molecule has 1 amide bonds. The number of carbonyl (C=O) groups is 1. The first-order chi connectivity index (χ1) is 14.9. The van der Waals surface area contributed by atoms with E-state index in [1.54, 1.807) is 0 Å². The molecule has 1 saturated heterocycles. The molecule has 178 valence electrons. The summed E-state index contributed by atoms with van der Waals surface area (Å²) in [5, 5.41) is 2.77. The van der Waals surface area contributed by atoms with Crippen molar-refractivity contribution in [2.75, 3.05) is 11.5 Å². The summed E-state index contributed by atoms with van der Waals surface area (Å²) in [6.45, 7) is 6.36. The van der Waals surface area contributed by atoms with Crippen molar-refractivity contribution < 1.29 is 26.4 Å². The Hall–Kier alpha value is -1.75. The summed E-state index contributed by atoms with van der Waals surface area (Å²) in [4.78, 5) is 17.4. The molecule has 2 aromatic rings. The predicted molar refractivity (Wildman–Crippen MR) is 119 cm³/mol. The number of nitrogens with one attached hydrogen (secondary N) is 1. The summed E-state index contributed by atoms with van der Waals surface area (Å²) >= 11 is 1.21. The number of hydrogen-bond donors (Lipinski definition) is 1. The number of imidazole rings is 1. The topological polar surface area (TPSA) is 81.1 Å². The van der Waals surface area contributed by atoms with Crippen molar-refractivity contribution in [1.82, 2.24) is 14.9 Å². The van der Waals surface area contributed by atoms with E-state index in [4.69, 9.17) is 0 Å². The maximum absolute atomic E-state index is 13.2. The molecule has 11 heteroatoms. The standard InChI is InChI=1S/C21H28F3N3O3S2/c1-4-5-9-27-17-7-6-14(21(22,23)24)11-16(17)26-20(27)31-18(13(2)3)19(28)25-15-8-10-32(29,30)12-15/h6-7,11,13,15,18H,4-5,8-10,12H2,1-3H3,(H,25,28). The van der Waals surface area contributed by atoms with Crippen LogP contribution in [0.15, 0.2) is 23.4 Å². The number of halogens is 3. The molecule has 6 nitrogen and oxygen atoms in total. The first-order valence-electron chi connectivity index (χ1n) is 10.7. The molecule has 1 N–H and O–H groups in total. The van der Waals surface area contributed by atoms with E-state index in [0.29, 0.717) is 23.6 Å². The highest BCUT2D eigenvalue weighted by molar-refractivity contribution is 8.00. The second kappa shape index (κ2) is 9.62. The summed E-state index contributed by atoms with van der Waals surface area (Å²) in [5.41, 5.74) is 0.0734. The Morgan fingerprint density at radius 1 is 1.34 bits per heavy atom. The van der Waals surface area contributed by atoms with E-state index < -0.39 is 32.9 Å². The van der Waals surface area contributed by atoms with Gasteiger partial charge in [-0.1, -0.05) is 39.0 Å². The van der Waals surface area contributed by atoms with Crippen LogP contribution >= 0.6 is 11.8 Å². The first kappa shape index (κ1) is 24.9. The molecule has 1 aromatic heterocycles. The van der Waals surface area contributed by atoms with E-state index in [1.807, 2.05) is 25.3 Å². The highest BCUT2D eigenvalue weighted by Gasteiger charge is 2.34. The predicted octanol–water partition coefficient (Wildman–Crippen LogP) is 4.28. The van der Waals surface area contributed by atoms with Crippen LogP contribution in [0.5, 0.6) is 0 Å². The maximum Gasteiger partial charge on any atom is 0.416 e. The summed E-state index contributed by atoms with van der Waals surface area (Å²) in [7, 11) is -3.13. The number of benzene rings is 1. The van der Waals surface area contributed by atoms with Gasteiger partial charge in [-0.15, -0.1) is 0 Å². The number of amides is 1. The quantitative estimate of drug-likeness (QED) is 0.558. The van der Waals surface area contributed by atoms with Gasteiger partial charge in [0.15, 0.2) is 15.0 Å². The Morgan fingerprint density at radius 2 is 2.06 bits per heavy atom. The Balaban J connectivity index is 1.90. The SMILES string of the molecule is CCCCn1c(SC(C(=O)NC2CCS(=O)(=O)C2)C(C)C)nc2cc(C(F)(F)F)ccc21. The van der Waals surface area contributed by atoms with Crippen molar-refractivity contribution in [2.24, 2.45) is 5.92 Å². The highest BCUT2D eigenvalue weighted by atomic mass is 32.2. The molecule has 3 rings (SSSR count). The highest BCUT2D eigenvalue weighted by Crippen LogP contribution is 2.35. The second-order valence-electron chi connectivity index (χ2n) is 8.49. The van der Waals surface area contributed by atoms with E-state index in [-0.39, 0.29) is 28.8 Å². The molecule has 0 saturated carbocycles. The fraction of sp³-hybridized carbons (Fsp3) is 0.619. The number of thioether (sulfide) groups is 1. The van der Waals surface area contributed by atoms with Crippen LogP contribution < -0.4 is 5.32 Å². The third-order valence-corrected chi connectivity index (χ3v) is 8.75. The molecule has 0 radical (unpaired) electrons. The van der Waals surface area contributed by atoms with Crippen LogP contribution in [0.4, 0.5) is 13.2 Å². The molecular formula is C21H28F3N3O3S2. The van der Waals surface area contributed by atoms with Gasteiger partial charge in [-0.25, -0.2) is 13.4 Å². The Morgan fingerprint density at radius 3 is 2.62 bits per heavy atom. The minimum atomic E-state index is -4.46. The molecule has 1 aromatic carbocycles. The van der Waals surface area contributed by atoms with Gasteiger partial charge in [0.2, 0.25) is 5.91 Å². The fourth-order valence-electron chi connectivity index (χ4n) is 3.70. The summed E-state index contributed by atoms with van der Waals surface area (Å²) in [6, 6.07) is 3.10. The van der Waals surface area contributed by atoms with E-state index in [0.717, 1.165) is 25.0 Å². The van der Waals surface area contributed by atoms with Crippen LogP contribution in [0, 0.1) is 5.92 Å². The second-order valence-corrected chi connectivity index (χ2v) is 11.8. The largest absolute Gasteiger partial charge is 0.416 e. The monoisotopic (exact) mass is 491 g/mol. The van der Waals surface area contributed by atoms with Gasteiger partial charge in [0.25, 0.3) is 0 Å². The molecule has 0 bridgehead atoms. The molecule has 2 atom stereocenters. The van der Waals surface area contributed by atoms with Crippen LogP contribution in [0.1, 0.15) is 45.6 Å². The van der Waals surface area contributed by atoms with Gasteiger partial charge < -0.3 is 9.88 Å². The normalized spacial score (nSPS) is 19.5. The van der Waals surface area contributed by atoms with E-state index in [1.165, 1.54) is 17.8 Å². The van der Waals surface area contributed by atoms with Crippen LogP contribution in [-0.2, 0) is 27.4 Å². The third kappa shape index (κ3) is 5.78. The molecule has 32 heavy (non-hydrogen) atoms. The number of carbonyl (C=O) groups excluding carboxylic acids is 1. The Labute approximate surface area is 190 Å². The van der Waals surface area contributed by atoms with Crippen molar-refractivity contribution in [1.29, 1.82) is 0 Å².